The number of nitrogens with zero attached hydrogens (tertiary/aromatic N) is 1. The van der Waals surface area contributed by atoms with Gasteiger partial charge in [0, 0.05) is 12.1 Å². The second-order valence-electron chi connectivity index (χ2n) is 8.19. The van der Waals surface area contributed by atoms with Crippen molar-refractivity contribution in [2.24, 2.45) is 5.92 Å². The zero-order valence-electron chi connectivity index (χ0n) is 17.1. The van der Waals surface area contributed by atoms with Gasteiger partial charge < -0.3 is 5.32 Å². The Morgan fingerprint density at radius 2 is 1.74 bits per heavy atom. The number of rotatable bonds is 5. The zero-order chi connectivity index (χ0) is 19.4. The minimum Gasteiger partial charge on any atom is -0.346 e. The lowest BCUT2D eigenvalue weighted by molar-refractivity contribution is 0.0940. The molecule has 144 valence electrons. The Hall–Kier alpha value is -2.13. The molecular formula is C24H32N2O. The molecule has 1 atom stereocenters. The average Bonchev–Trinajstić information content (AvgIpc) is 2.66. The molecule has 0 aliphatic carbocycles. The maximum Gasteiger partial charge on any atom is 0.251 e. The summed E-state index contributed by atoms with van der Waals surface area (Å²) >= 11 is 0. The van der Waals surface area contributed by atoms with Crippen molar-refractivity contribution in [2.45, 2.75) is 53.1 Å². The predicted octanol–water partition coefficient (Wildman–Crippen LogP) is 5.03. The summed E-state index contributed by atoms with van der Waals surface area (Å²) in [6, 6.07) is 14.4. The van der Waals surface area contributed by atoms with Crippen LogP contribution >= 0.6 is 0 Å². The van der Waals surface area contributed by atoms with Gasteiger partial charge in [-0.2, -0.15) is 0 Å². The summed E-state index contributed by atoms with van der Waals surface area (Å²) in [5, 5.41) is 3.12. The number of hydrogen-bond donors (Lipinski definition) is 1. The lowest BCUT2D eigenvalue weighted by atomic mass is 9.98. The van der Waals surface area contributed by atoms with Gasteiger partial charge in [0.05, 0.1) is 6.04 Å². The fraction of sp³-hybridized carbons (Fsp3) is 0.458. The van der Waals surface area contributed by atoms with Crippen molar-refractivity contribution in [1.82, 2.24) is 10.2 Å². The van der Waals surface area contributed by atoms with E-state index in [1.54, 1.807) is 0 Å². The van der Waals surface area contributed by atoms with Crippen LogP contribution in [0, 0.1) is 19.8 Å². The molecular weight excluding hydrogens is 332 g/mol. The van der Waals surface area contributed by atoms with E-state index in [4.69, 9.17) is 0 Å². The van der Waals surface area contributed by atoms with Gasteiger partial charge in [0.15, 0.2) is 0 Å². The number of likely N-dealkylation sites (tertiary alicyclic amines) is 1. The van der Waals surface area contributed by atoms with Crippen LogP contribution in [0.25, 0.3) is 0 Å². The highest BCUT2D eigenvalue weighted by Crippen LogP contribution is 2.19. The predicted molar refractivity (Wildman–Crippen MR) is 112 cm³/mol. The van der Waals surface area contributed by atoms with E-state index in [0.717, 1.165) is 23.6 Å². The molecule has 1 aliphatic heterocycles. The third-order valence-electron chi connectivity index (χ3n) is 5.88. The molecule has 3 heteroatoms. The second kappa shape index (κ2) is 8.71. The summed E-state index contributed by atoms with van der Waals surface area (Å²) in [6.07, 6.45) is 2.58. The molecule has 0 radical (unpaired) electrons. The first-order chi connectivity index (χ1) is 12.9. The van der Waals surface area contributed by atoms with Crippen LogP contribution in [0.5, 0.6) is 0 Å². The van der Waals surface area contributed by atoms with Crippen molar-refractivity contribution < 1.29 is 4.79 Å². The van der Waals surface area contributed by atoms with E-state index < -0.39 is 0 Å². The molecule has 1 N–H and O–H groups in total. The number of amides is 1. The largest absolute Gasteiger partial charge is 0.346 e. The lowest BCUT2D eigenvalue weighted by Gasteiger charge is -2.30. The van der Waals surface area contributed by atoms with Gasteiger partial charge in [0.2, 0.25) is 0 Å². The Bertz CT molecular complexity index is 773. The first-order valence-electron chi connectivity index (χ1n) is 10.1. The minimum absolute atomic E-state index is 0.00758. The quantitative estimate of drug-likeness (QED) is 0.807. The van der Waals surface area contributed by atoms with Gasteiger partial charge >= 0.3 is 0 Å². The van der Waals surface area contributed by atoms with Crippen LogP contribution in [-0.4, -0.2) is 23.9 Å². The molecule has 0 aromatic heterocycles. The summed E-state index contributed by atoms with van der Waals surface area (Å²) in [7, 11) is 0. The number of aryl methyl sites for hydroxylation is 2. The van der Waals surface area contributed by atoms with Crippen molar-refractivity contribution in [3.63, 3.8) is 0 Å². The Morgan fingerprint density at radius 1 is 1.07 bits per heavy atom. The van der Waals surface area contributed by atoms with Gasteiger partial charge in [-0.1, -0.05) is 37.3 Å². The third-order valence-corrected chi connectivity index (χ3v) is 5.88. The van der Waals surface area contributed by atoms with E-state index in [-0.39, 0.29) is 11.9 Å². The van der Waals surface area contributed by atoms with Crippen molar-refractivity contribution in [1.29, 1.82) is 0 Å². The minimum atomic E-state index is -0.0147. The standard InChI is InChI=1S/C24H32N2O/c1-17-11-13-26(14-12-17)16-21-6-9-22(10-7-21)24(27)25-20(4)23-8-5-18(2)19(3)15-23/h5-10,15,17,20H,11-14,16H2,1-4H3,(H,25,27)/t20-/m1/s1. The molecule has 0 spiro atoms. The van der Waals surface area contributed by atoms with E-state index in [1.165, 1.54) is 42.6 Å². The molecule has 1 fully saturated rings. The van der Waals surface area contributed by atoms with Crippen LogP contribution in [-0.2, 0) is 6.54 Å². The molecule has 0 bridgehead atoms. The highest BCUT2D eigenvalue weighted by atomic mass is 16.1. The third kappa shape index (κ3) is 5.20. The molecule has 2 aromatic rings. The topological polar surface area (TPSA) is 32.3 Å². The SMILES string of the molecule is Cc1ccc([C@@H](C)NC(=O)c2ccc(CN3CCC(C)CC3)cc2)cc1C. The van der Waals surface area contributed by atoms with Crippen LogP contribution in [0.2, 0.25) is 0 Å². The van der Waals surface area contributed by atoms with Gasteiger partial charge in [0.25, 0.3) is 5.91 Å². The molecule has 1 amide bonds. The van der Waals surface area contributed by atoms with E-state index >= 15 is 0 Å². The number of nitrogens with one attached hydrogen (secondary N) is 1. The van der Waals surface area contributed by atoms with Crippen molar-refractivity contribution in [3.8, 4) is 0 Å². The fourth-order valence-electron chi connectivity index (χ4n) is 3.64. The van der Waals surface area contributed by atoms with Gasteiger partial charge in [-0.25, -0.2) is 0 Å². The summed E-state index contributed by atoms with van der Waals surface area (Å²) < 4.78 is 0. The summed E-state index contributed by atoms with van der Waals surface area (Å²) in [4.78, 5) is 15.1. The smallest absolute Gasteiger partial charge is 0.251 e. The Morgan fingerprint density at radius 3 is 2.37 bits per heavy atom. The first kappa shape index (κ1) is 19.6. The highest BCUT2D eigenvalue weighted by Gasteiger charge is 2.16. The molecule has 3 rings (SSSR count). The van der Waals surface area contributed by atoms with Crippen molar-refractivity contribution in [3.05, 3.63) is 70.3 Å². The molecule has 3 nitrogen and oxygen atoms in total. The summed E-state index contributed by atoms with van der Waals surface area (Å²) in [5.74, 6) is 0.839. The number of benzene rings is 2. The average molecular weight is 365 g/mol. The van der Waals surface area contributed by atoms with E-state index in [0.29, 0.717) is 0 Å². The normalized spacial score (nSPS) is 16.9. The van der Waals surface area contributed by atoms with Crippen LogP contribution in [0.1, 0.15) is 65.3 Å². The second-order valence-corrected chi connectivity index (χ2v) is 8.19. The Balaban J connectivity index is 1.57. The van der Waals surface area contributed by atoms with Gasteiger partial charge in [-0.3, -0.25) is 9.69 Å². The van der Waals surface area contributed by atoms with E-state index in [9.17, 15) is 4.79 Å². The molecule has 27 heavy (non-hydrogen) atoms. The van der Waals surface area contributed by atoms with Crippen LogP contribution in [0.15, 0.2) is 42.5 Å². The van der Waals surface area contributed by atoms with Gasteiger partial charge in [0.1, 0.15) is 0 Å². The first-order valence-corrected chi connectivity index (χ1v) is 10.1. The number of carbonyl (C=O) groups excluding carboxylic acids is 1. The Kier molecular flexibility index (Phi) is 6.33. The van der Waals surface area contributed by atoms with Crippen LogP contribution in [0.3, 0.4) is 0 Å². The van der Waals surface area contributed by atoms with Crippen molar-refractivity contribution >= 4 is 5.91 Å². The zero-order valence-corrected chi connectivity index (χ0v) is 17.1. The highest BCUT2D eigenvalue weighted by molar-refractivity contribution is 5.94. The van der Waals surface area contributed by atoms with E-state index in [1.807, 2.05) is 19.1 Å². The lowest BCUT2D eigenvalue weighted by Crippen LogP contribution is -2.32. The summed E-state index contributed by atoms with van der Waals surface area (Å²) in [5.41, 5.74) is 5.67. The maximum absolute atomic E-state index is 12.6. The van der Waals surface area contributed by atoms with E-state index in [2.05, 4.69) is 61.3 Å². The number of carbonyl (C=O) groups is 1. The molecule has 1 heterocycles. The molecule has 2 aromatic carbocycles. The van der Waals surface area contributed by atoms with Gasteiger partial charge in [-0.15, -0.1) is 0 Å². The molecule has 1 aliphatic rings. The Labute approximate surface area is 163 Å². The van der Waals surface area contributed by atoms with Crippen molar-refractivity contribution in [2.75, 3.05) is 13.1 Å². The maximum atomic E-state index is 12.6. The monoisotopic (exact) mass is 364 g/mol. The molecule has 0 saturated carbocycles. The fourth-order valence-corrected chi connectivity index (χ4v) is 3.64. The van der Waals surface area contributed by atoms with Gasteiger partial charge in [-0.05, 0) is 87.0 Å². The molecule has 0 unspecified atom stereocenters. The summed E-state index contributed by atoms with van der Waals surface area (Å²) in [6.45, 7) is 11.9. The number of hydrogen-bond acceptors (Lipinski definition) is 2. The van der Waals surface area contributed by atoms with Crippen LogP contribution in [0.4, 0.5) is 0 Å². The number of piperidine rings is 1. The van der Waals surface area contributed by atoms with Crippen LogP contribution < -0.4 is 5.32 Å². The molecule has 1 saturated heterocycles.